The zero-order chi connectivity index (χ0) is 11.5. The van der Waals surface area contributed by atoms with Crippen LogP contribution in [-0.4, -0.2) is 30.3 Å². The first-order valence-corrected chi connectivity index (χ1v) is 6.14. The third-order valence-corrected chi connectivity index (χ3v) is 3.90. The molecule has 0 spiro atoms. The van der Waals surface area contributed by atoms with Gasteiger partial charge in [0, 0.05) is 19.7 Å². The van der Waals surface area contributed by atoms with E-state index in [1.165, 1.54) is 11.3 Å². The minimum Gasteiger partial charge on any atom is -0.477 e. The van der Waals surface area contributed by atoms with E-state index in [0.717, 1.165) is 18.4 Å². The molecule has 2 rings (SSSR count). The lowest BCUT2D eigenvalue weighted by atomic mass is 9.89. The standard InChI is InChI=1S/C11H15NO3S/c1-15-9-4-8(5-9)12-6-7-2-3-16-10(7)11(13)14/h2-3,8-9,12H,4-6H2,1H3,(H,13,14). The number of hydrogen-bond donors (Lipinski definition) is 2. The van der Waals surface area contributed by atoms with Crippen molar-refractivity contribution in [3.05, 3.63) is 21.9 Å². The Morgan fingerprint density at radius 3 is 3.06 bits per heavy atom. The van der Waals surface area contributed by atoms with Gasteiger partial charge in [-0.25, -0.2) is 4.79 Å². The van der Waals surface area contributed by atoms with E-state index in [9.17, 15) is 4.79 Å². The largest absolute Gasteiger partial charge is 0.477 e. The van der Waals surface area contributed by atoms with E-state index in [2.05, 4.69) is 5.32 Å². The molecule has 1 heterocycles. The van der Waals surface area contributed by atoms with Crippen molar-refractivity contribution in [1.29, 1.82) is 0 Å². The molecule has 5 heteroatoms. The molecule has 1 aliphatic carbocycles. The Morgan fingerprint density at radius 2 is 2.44 bits per heavy atom. The average Bonchev–Trinajstić information content (AvgIpc) is 2.64. The third kappa shape index (κ3) is 2.42. The Balaban J connectivity index is 1.82. The first-order chi connectivity index (χ1) is 7.70. The van der Waals surface area contributed by atoms with Gasteiger partial charge < -0.3 is 15.2 Å². The number of ether oxygens (including phenoxy) is 1. The van der Waals surface area contributed by atoms with Crippen LogP contribution in [-0.2, 0) is 11.3 Å². The van der Waals surface area contributed by atoms with Crippen LogP contribution in [0.15, 0.2) is 11.4 Å². The van der Waals surface area contributed by atoms with Crippen molar-refractivity contribution in [2.24, 2.45) is 0 Å². The Hall–Kier alpha value is -0.910. The Labute approximate surface area is 98.2 Å². The van der Waals surface area contributed by atoms with E-state index in [0.29, 0.717) is 23.6 Å². The maximum absolute atomic E-state index is 10.9. The Morgan fingerprint density at radius 1 is 1.69 bits per heavy atom. The molecule has 1 aliphatic rings. The van der Waals surface area contributed by atoms with Gasteiger partial charge in [0.25, 0.3) is 0 Å². The van der Waals surface area contributed by atoms with Crippen molar-refractivity contribution in [3.63, 3.8) is 0 Å². The first kappa shape index (κ1) is 11.6. The highest BCUT2D eigenvalue weighted by Gasteiger charge is 2.28. The van der Waals surface area contributed by atoms with Crippen molar-refractivity contribution < 1.29 is 14.6 Å². The van der Waals surface area contributed by atoms with Gasteiger partial charge in [0.05, 0.1) is 6.10 Å². The maximum atomic E-state index is 10.9. The molecular weight excluding hydrogens is 226 g/mol. The van der Waals surface area contributed by atoms with E-state index in [4.69, 9.17) is 9.84 Å². The molecule has 0 saturated heterocycles. The summed E-state index contributed by atoms with van der Waals surface area (Å²) in [6, 6.07) is 2.33. The van der Waals surface area contributed by atoms with Crippen LogP contribution in [0.2, 0.25) is 0 Å². The van der Waals surface area contributed by atoms with E-state index >= 15 is 0 Å². The first-order valence-electron chi connectivity index (χ1n) is 5.26. The van der Waals surface area contributed by atoms with Crippen molar-refractivity contribution in [2.75, 3.05) is 7.11 Å². The van der Waals surface area contributed by atoms with Crippen LogP contribution < -0.4 is 5.32 Å². The van der Waals surface area contributed by atoms with Gasteiger partial charge in [-0.15, -0.1) is 11.3 Å². The molecule has 4 nitrogen and oxygen atoms in total. The molecule has 0 aromatic carbocycles. The predicted molar refractivity (Wildman–Crippen MR) is 61.9 cm³/mol. The van der Waals surface area contributed by atoms with Gasteiger partial charge in [0.15, 0.2) is 0 Å². The number of hydrogen-bond acceptors (Lipinski definition) is 4. The average molecular weight is 241 g/mol. The van der Waals surface area contributed by atoms with Crippen LogP contribution in [0.1, 0.15) is 28.1 Å². The van der Waals surface area contributed by atoms with Crippen LogP contribution in [0, 0.1) is 0 Å². The highest BCUT2D eigenvalue weighted by Crippen LogP contribution is 2.24. The fourth-order valence-electron chi connectivity index (χ4n) is 1.84. The highest BCUT2D eigenvalue weighted by molar-refractivity contribution is 7.12. The summed E-state index contributed by atoms with van der Waals surface area (Å²) in [5.74, 6) is -0.838. The molecule has 2 N–H and O–H groups in total. The number of carboxylic acids is 1. The van der Waals surface area contributed by atoms with Crippen LogP contribution in [0.5, 0.6) is 0 Å². The molecule has 88 valence electrons. The lowest BCUT2D eigenvalue weighted by molar-refractivity contribution is 0.0169. The van der Waals surface area contributed by atoms with Gasteiger partial charge in [-0.3, -0.25) is 0 Å². The zero-order valence-electron chi connectivity index (χ0n) is 9.10. The van der Waals surface area contributed by atoms with Crippen molar-refractivity contribution in [2.45, 2.75) is 31.5 Å². The number of methoxy groups -OCH3 is 1. The normalized spacial score (nSPS) is 24.1. The molecular formula is C11H15NO3S. The topological polar surface area (TPSA) is 58.6 Å². The number of aromatic carboxylic acids is 1. The van der Waals surface area contributed by atoms with Crippen LogP contribution in [0.25, 0.3) is 0 Å². The summed E-state index contributed by atoms with van der Waals surface area (Å²) >= 11 is 1.28. The van der Waals surface area contributed by atoms with Gasteiger partial charge in [-0.05, 0) is 29.9 Å². The van der Waals surface area contributed by atoms with Crippen molar-refractivity contribution >= 4 is 17.3 Å². The molecule has 16 heavy (non-hydrogen) atoms. The van der Waals surface area contributed by atoms with Gasteiger partial charge in [-0.1, -0.05) is 0 Å². The van der Waals surface area contributed by atoms with E-state index in [1.54, 1.807) is 7.11 Å². The second-order valence-corrected chi connectivity index (χ2v) is 4.90. The fourth-order valence-corrected chi connectivity index (χ4v) is 2.60. The molecule has 1 saturated carbocycles. The summed E-state index contributed by atoms with van der Waals surface area (Å²) in [6.07, 6.45) is 2.41. The highest BCUT2D eigenvalue weighted by atomic mass is 32.1. The monoisotopic (exact) mass is 241 g/mol. The van der Waals surface area contributed by atoms with Crippen molar-refractivity contribution in [1.82, 2.24) is 5.32 Å². The number of carboxylic acid groups (broad SMARTS) is 1. The van der Waals surface area contributed by atoms with Crippen LogP contribution in [0.4, 0.5) is 0 Å². The summed E-state index contributed by atoms with van der Waals surface area (Å²) in [5, 5.41) is 14.1. The predicted octanol–water partition coefficient (Wildman–Crippen LogP) is 1.71. The molecule has 0 atom stereocenters. The van der Waals surface area contributed by atoms with Gasteiger partial charge in [-0.2, -0.15) is 0 Å². The number of thiophene rings is 1. The van der Waals surface area contributed by atoms with Gasteiger partial charge in [0.2, 0.25) is 0 Å². The van der Waals surface area contributed by atoms with Crippen molar-refractivity contribution in [3.8, 4) is 0 Å². The third-order valence-electron chi connectivity index (χ3n) is 2.95. The summed E-state index contributed by atoms with van der Waals surface area (Å²) in [5.41, 5.74) is 0.873. The van der Waals surface area contributed by atoms with Crippen LogP contribution >= 0.6 is 11.3 Å². The summed E-state index contributed by atoms with van der Waals surface area (Å²) in [7, 11) is 1.72. The lowest BCUT2D eigenvalue weighted by Gasteiger charge is -2.34. The minimum atomic E-state index is -0.838. The van der Waals surface area contributed by atoms with Gasteiger partial charge >= 0.3 is 5.97 Å². The molecule has 0 unspecified atom stereocenters. The minimum absolute atomic E-state index is 0.374. The summed E-state index contributed by atoms with van der Waals surface area (Å²) in [4.78, 5) is 11.3. The SMILES string of the molecule is COC1CC(NCc2ccsc2C(=O)O)C1. The second-order valence-electron chi connectivity index (χ2n) is 3.99. The smallest absolute Gasteiger partial charge is 0.346 e. The molecule has 0 bridgehead atoms. The van der Waals surface area contributed by atoms with E-state index < -0.39 is 5.97 Å². The van der Waals surface area contributed by atoms with Crippen LogP contribution in [0.3, 0.4) is 0 Å². The number of carbonyl (C=O) groups is 1. The number of rotatable bonds is 5. The van der Waals surface area contributed by atoms with Gasteiger partial charge in [0.1, 0.15) is 4.88 Å². The second kappa shape index (κ2) is 4.95. The Bertz CT molecular complexity index is 371. The van der Waals surface area contributed by atoms with E-state index in [1.807, 2.05) is 11.4 Å². The molecule has 1 fully saturated rings. The molecule has 1 aromatic heterocycles. The van der Waals surface area contributed by atoms with E-state index in [-0.39, 0.29) is 0 Å². The number of nitrogens with one attached hydrogen (secondary N) is 1. The Kier molecular flexibility index (Phi) is 3.58. The zero-order valence-corrected chi connectivity index (χ0v) is 9.92. The molecule has 0 aliphatic heterocycles. The summed E-state index contributed by atoms with van der Waals surface area (Å²) < 4.78 is 5.18. The quantitative estimate of drug-likeness (QED) is 0.824. The lowest BCUT2D eigenvalue weighted by Crippen LogP contribution is -2.44. The summed E-state index contributed by atoms with van der Waals surface area (Å²) in [6.45, 7) is 0.631. The maximum Gasteiger partial charge on any atom is 0.346 e. The molecule has 0 amide bonds. The fraction of sp³-hybridized carbons (Fsp3) is 0.545. The molecule has 1 aromatic rings. The molecule has 0 radical (unpaired) electrons.